The normalized spacial score (nSPS) is 11.6. The van der Waals surface area contributed by atoms with Crippen molar-refractivity contribution in [3.63, 3.8) is 0 Å². The Labute approximate surface area is 96.8 Å². The van der Waals surface area contributed by atoms with E-state index in [1.165, 1.54) is 12.3 Å². The Morgan fingerprint density at radius 2 is 2.06 bits per heavy atom. The van der Waals surface area contributed by atoms with Crippen LogP contribution in [-0.4, -0.2) is 20.0 Å². The first-order chi connectivity index (χ1) is 7.67. The zero-order valence-corrected chi connectivity index (χ0v) is 10.2. The minimum absolute atomic E-state index is 0.0227. The number of aromatic nitrogens is 1. The van der Waals surface area contributed by atoms with Crippen molar-refractivity contribution >= 4 is 10.1 Å². The molecule has 90 valence electrons. The van der Waals surface area contributed by atoms with Gasteiger partial charge in [-0.3, -0.25) is 4.18 Å². The number of rotatable bonds is 7. The second-order valence-corrected chi connectivity index (χ2v) is 5.07. The average molecular weight is 243 g/mol. The molecule has 0 aliphatic rings. The van der Waals surface area contributed by atoms with Gasteiger partial charge in [0.25, 0.3) is 0 Å². The van der Waals surface area contributed by atoms with Crippen LogP contribution in [0.3, 0.4) is 0 Å². The van der Waals surface area contributed by atoms with Gasteiger partial charge in [0, 0.05) is 6.20 Å². The summed E-state index contributed by atoms with van der Waals surface area (Å²) in [4.78, 5) is 3.75. The maximum atomic E-state index is 11.6. The van der Waals surface area contributed by atoms with E-state index >= 15 is 0 Å². The second kappa shape index (κ2) is 6.60. The maximum Gasteiger partial charge on any atom is 0.314 e. The summed E-state index contributed by atoms with van der Waals surface area (Å²) in [6.45, 7) is 2.34. The molecule has 5 heteroatoms. The number of hydrogen-bond donors (Lipinski definition) is 0. The van der Waals surface area contributed by atoms with E-state index in [0.717, 1.165) is 25.7 Å². The molecule has 0 fully saturated rings. The third kappa shape index (κ3) is 4.28. The van der Waals surface area contributed by atoms with Gasteiger partial charge in [-0.15, -0.1) is 0 Å². The zero-order chi connectivity index (χ0) is 11.9. The highest BCUT2D eigenvalue weighted by atomic mass is 32.2. The minimum Gasteiger partial charge on any atom is -0.265 e. The second-order valence-electron chi connectivity index (χ2n) is 3.50. The van der Waals surface area contributed by atoms with Gasteiger partial charge in [-0.2, -0.15) is 8.42 Å². The Bertz CT molecular complexity index is 389. The Morgan fingerprint density at radius 3 is 2.69 bits per heavy atom. The zero-order valence-electron chi connectivity index (χ0n) is 9.43. The molecule has 0 unspecified atom stereocenters. The molecule has 1 aromatic rings. The smallest absolute Gasteiger partial charge is 0.265 e. The standard InChI is InChI=1S/C11H17NO3S/c1-2-3-4-7-10-15-16(13,14)11-8-5-6-9-12-11/h5-6,8-9H,2-4,7,10H2,1H3. The van der Waals surface area contributed by atoms with Crippen molar-refractivity contribution in [3.05, 3.63) is 24.4 Å². The van der Waals surface area contributed by atoms with E-state index < -0.39 is 10.1 Å². The summed E-state index contributed by atoms with van der Waals surface area (Å²) in [6.07, 6.45) is 5.42. The summed E-state index contributed by atoms with van der Waals surface area (Å²) in [7, 11) is -3.66. The first kappa shape index (κ1) is 13.1. The van der Waals surface area contributed by atoms with Gasteiger partial charge in [0.05, 0.1) is 6.61 Å². The van der Waals surface area contributed by atoms with E-state index in [1.54, 1.807) is 12.1 Å². The molecule has 4 nitrogen and oxygen atoms in total. The van der Waals surface area contributed by atoms with Crippen LogP contribution in [0.4, 0.5) is 0 Å². The van der Waals surface area contributed by atoms with Crippen LogP contribution in [0, 0.1) is 0 Å². The fourth-order valence-electron chi connectivity index (χ4n) is 1.25. The molecule has 0 atom stereocenters. The molecular weight excluding hydrogens is 226 g/mol. The monoisotopic (exact) mass is 243 g/mol. The van der Waals surface area contributed by atoms with E-state index in [2.05, 4.69) is 11.9 Å². The summed E-state index contributed by atoms with van der Waals surface area (Å²) in [6, 6.07) is 4.72. The van der Waals surface area contributed by atoms with Gasteiger partial charge < -0.3 is 0 Å². The fourth-order valence-corrected chi connectivity index (χ4v) is 2.15. The third-order valence-corrected chi connectivity index (χ3v) is 3.36. The summed E-state index contributed by atoms with van der Waals surface area (Å²) in [5, 5.41) is -0.0227. The van der Waals surface area contributed by atoms with E-state index in [4.69, 9.17) is 4.18 Å². The number of unbranched alkanes of at least 4 members (excludes halogenated alkanes) is 3. The Hall–Kier alpha value is -0.940. The molecule has 1 aromatic heterocycles. The summed E-state index contributed by atoms with van der Waals surface area (Å²) < 4.78 is 28.0. The lowest BCUT2D eigenvalue weighted by atomic mass is 10.2. The molecule has 0 aromatic carbocycles. The fraction of sp³-hybridized carbons (Fsp3) is 0.545. The van der Waals surface area contributed by atoms with Crippen molar-refractivity contribution in [2.75, 3.05) is 6.61 Å². The van der Waals surface area contributed by atoms with E-state index in [-0.39, 0.29) is 11.6 Å². The molecule has 0 amide bonds. The van der Waals surface area contributed by atoms with Crippen LogP contribution in [0.25, 0.3) is 0 Å². The molecule has 0 saturated heterocycles. The first-order valence-electron chi connectivity index (χ1n) is 5.47. The van der Waals surface area contributed by atoms with Crippen molar-refractivity contribution in [2.24, 2.45) is 0 Å². The summed E-state index contributed by atoms with van der Waals surface area (Å²) >= 11 is 0. The SMILES string of the molecule is CCCCCCOS(=O)(=O)c1ccccn1. The third-order valence-electron chi connectivity index (χ3n) is 2.13. The van der Waals surface area contributed by atoms with E-state index in [0.29, 0.717) is 0 Å². The molecule has 16 heavy (non-hydrogen) atoms. The van der Waals surface area contributed by atoms with Crippen LogP contribution in [0.2, 0.25) is 0 Å². The molecule has 0 aliphatic heterocycles. The maximum absolute atomic E-state index is 11.6. The van der Waals surface area contributed by atoms with Crippen molar-refractivity contribution in [1.82, 2.24) is 4.98 Å². The number of nitrogens with zero attached hydrogens (tertiary/aromatic N) is 1. The lowest BCUT2D eigenvalue weighted by molar-refractivity contribution is 0.305. The Kier molecular flexibility index (Phi) is 5.42. The number of hydrogen-bond acceptors (Lipinski definition) is 4. The predicted octanol–water partition coefficient (Wildman–Crippen LogP) is 2.37. The molecule has 1 heterocycles. The highest BCUT2D eigenvalue weighted by Crippen LogP contribution is 2.09. The van der Waals surface area contributed by atoms with Gasteiger partial charge in [0.1, 0.15) is 0 Å². The highest BCUT2D eigenvalue weighted by molar-refractivity contribution is 7.86. The molecule has 1 rings (SSSR count). The van der Waals surface area contributed by atoms with Crippen molar-refractivity contribution in [1.29, 1.82) is 0 Å². The van der Waals surface area contributed by atoms with Gasteiger partial charge in [-0.25, -0.2) is 4.98 Å². The molecule has 0 aliphatic carbocycles. The van der Waals surface area contributed by atoms with Gasteiger partial charge in [0.15, 0.2) is 5.03 Å². The predicted molar refractivity (Wildman–Crippen MR) is 61.5 cm³/mol. The van der Waals surface area contributed by atoms with Gasteiger partial charge in [-0.1, -0.05) is 32.3 Å². The van der Waals surface area contributed by atoms with Crippen LogP contribution in [0.1, 0.15) is 32.6 Å². The van der Waals surface area contributed by atoms with Gasteiger partial charge in [-0.05, 0) is 18.6 Å². The summed E-state index contributed by atoms with van der Waals surface area (Å²) in [5.41, 5.74) is 0. The summed E-state index contributed by atoms with van der Waals surface area (Å²) in [5.74, 6) is 0. The topological polar surface area (TPSA) is 56.3 Å². The van der Waals surface area contributed by atoms with Crippen molar-refractivity contribution in [3.8, 4) is 0 Å². The van der Waals surface area contributed by atoms with Gasteiger partial charge >= 0.3 is 10.1 Å². The van der Waals surface area contributed by atoms with Crippen LogP contribution in [0.5, 0.6) is 0 Å². The van der Waals surface area contributed by atoms with Crippen LogP contribution in [0.15, 0.2) is 29.4 Å². The van der Waals surface area contributed by atoms with Crippen LogP contribution >= 0.6 is 0 Å². The lowest BCUT2D eigenvalue weighted by Crippen LogP contribution is -2.09. The quantitative estimate of drug-likeness (QED) is 0.545. The lowest BCUT2D eigenvalue weighted by Gasteiger charge is -2.04. The van der Waals surface area contributed by atoms with Crippen molar-refractivity contribution < 1.29 is 12.6 Å². The van der Waals surface area contributed by atoms with Crippen molar-refractivity contribution in [2.45, 2.75) is 37.6 Å². The number of pyridine rings is 1. The molecule has 0 bridgehead atoms. The van der Waals surface area contributed by atoms with E-state index in [1.807, 2.05) is 0 Å². The largest absolute Gasteiger partial charge is 0.314 e. The minimum atomic E-state index is -3.66. The molecule has 0 saturated carbocycles. The van der Waals surface area contributed by atoms with E-state index in [9.17, 15) is 8.42 Å². The molecule has 0 N–H and O–H groups in total. The van der Waals surface area contributed by atoms with Crippen LogP contribution < -0.4 is 0 Å². The Balaban J connectivity index is 2.41. The molecular formula is C11H17NO3S. The average Bonchev–Trinajstić information content (AvgIpc) is 2.30. The first-order valence-corrected chi connectivity index (χ1v) is 6.88. The highest BCUT2D eigenvalue weighted by Gasteiger charge is 2.15. The van der Waals surface area contributed by atoms with Gasteiger partial charge in [0.2, 0.25) is 0 Å². The molecule has 0 spiro atoms. The molecule has 0 radical (unpaired) electrons. The van der Waals surface area contributed by atoms with Crippen LogP contribution in [-0.2, 0) is 14.3 Å². The Morgan fingerprint density at radius 1 is 1.25 bits per heavy atom.